The van der Waals surface area contributed by atoms with Gasteiger partial charge in [0.25, 0.3) is 0 Å². The minimum atomic E-state index is -0.922. The first-order chi connectivity index (χ1) is 8.58. The van der Waals surface area contributed by atoms with Gasteiger partial charge < -0.3 is 10.4 Å². The Hall–Kier alpha value is -2.43. The molecule has 5 heteroatoms. The van der Waals surface area contributed by atoms with Gasteiger partial charge in [-0.1, -0.05) is 0 Å². The van der Waals surface area contributed by atoms with Crippen LogP contribution in [0.3, 0.4) is 0 Å². The van der Waals surface area contributed by atoms with E-state index in [1.807, 2.05) is 6.92 Å². The third-order valence-corrected chi connectivity index (χ3v) is 2.60. The van der Waals surface area contributed by atoms with Gasteiger partial charge in [-0.15, -0.1) is 0 Å². The third kappa shape index (κ3) is 2.45. The van der Waals surface area contributed by atoms with Crippen molar-refractivity contribution in [2.24, 2.45) is 0 Å². The molecule has 0 atom stereocenters. The molecule has 1 aromatic heterocycles. The van der Waals surface area contributed by atoms with Gasteiger partial charge in [0.1, 0.15) is 0 Å². The van der Waals surface area contributed by atoms with Gasteiger partial charge in [0.15, 0.2) is 5.82 Å². The minimum absolute atomic E-state index is 0.302. The summed E-state index contributed by atoms with van der Waals surface area (Å²) in [4.78, 5) is 19.2. The number of rotatable bonds is 3. The molecule has 0 unspecified atom stereocenters. The number of hydrogen-bond donors (Lipinski definition) is 2. The first-order valence-corrected chi connectivity index (χ1v) is 5.46. The quantitative estimate of drug-likeness (QED) is 0.866. The molecule has 0 amide bonds. The molecule has 2 rings (SSSR count). The van der Waals surface area contributed by atoms with E-state index in [1.165, 1.54) is 0 Å². The molecule has 0 fully saturated rings. The maximum atomic E-state index is 10.9. The highest BCUT2D eigenvalue weighted by molar-refractivity contribution is 5.90. The Morgan fingerprint density at radius 2 is 1.94 bits per heavy atom. The summed E-state index contributed by atoms with van der Waals surface area (Å²) in [6.07, 6.45) is 3.23. The average Bonchev–Trinajstić information content (AvgIpc) is 2.32. The topological polar surface area (TPSA) is 75.1 Å². The van der Waals surface area contributed by atoms with E-state index in [9.17, 15) is 4.79 Å². The second-order valence-corrected chi connectivity index (χ2v) is 3.95. The van der Waals surface area contributed by atoms with Crippen LogP contribution in [0.15, 0.2) is 30.6 Å². The predicted molar refractivity (Wildman–Crippen MR) is 68.2 cm³/mol. The van der Waals surface area contributed by atoms with Crippen LogP contribution in [-0.4, -0.2) is 21.0 Å². The Morgan fingerprint density at radius 1 is 1.22 bits per heavy atom. The maximum Gasteiger partial charge on any atom is 0.335 e. The predicted octanol–water partition coefficient (Wildman–Crippen LogP) is 2.54. The molecule has 0 bridgehead atoms. The number of nitrogens with zero attached hydrogens (tertiary/aromatic N) is 2. The molecular weight excluding hydrogens is 230 g/mol. The highest BCUT2D eigenvalue weighted by atomic mass is 16.4. The van der Waals surface area contributed by atoms with Crippen molar-refractivity contribution in [3.8, 4) is 0 Å². The minimum Gasteiger partial charge on any atom is -0.478 e. The van der Waals surface area contributed by atoms with E-state index in [2.05, 4.69) is 15.3 Å². The summed E-state index contributed by atoms with van der Waals surface area (Å²) in [6.45, 7) is 3.62. The van der Waals surface area contributed by atoms with Crippen molar-refractivity contribution in [2.45, 2.75) is 13.8 Å². The largest absolute Gasteiger partial charge is 0.478 e. The number of hydrogen-bond acceptors (Lipinski definition) is 4. The average molecular weight is 243 g/mol. The zero-order chi connectivity index (χ0) is 13.1. The van der Waals surface area contributed by atoms with Crippen LogP contribution in [0.5, 0.6) is 0 Å². The second-order valence-electron chi connectivity index (χ2n) is 3.95. The molecule has 0 aliphatic heterocycles. The Balaban J connectivity index is 2.29. The van der Waals surface area contributed by atoms with E-state index in [1.54, 1.807) is 37.5 Å². The molecule has 0 saturated heterocycles. The van der Waals surface area contributed by atoms with Crippen molar-refractivity contribution in [1.29, 1.82) is 0 Å². The summed E-state index contributed by atoms with van der Waals surface area (Å²) < 4.78 is 0. The number of carbonyl (C=O) groups is 1. The zero-order valence-corrected chi connectivity index (χ0v) is 10.1. The fourth-order valence-corrected chi connectivity index (χ4v) is 1.65. The summed E-state index contributed by atoms with van der Waals surface area (Å²) in [7, 11) is 0. The van der Waals surface area contributed by atoms with Gasteiger partial charge in [0, 0.05) is 18.1 Å². The lowest BCUT2D eigenvalue weighted by atomic mass is 10.1. The Morgan fingerprint density at radius 3 is 2.56 bits per heavy atom. The van der Waals surface area contributed by atoms with Gasteiger partial charge in [-0.05, 0) is 37.6 Å². The molecule has 0 aliphatic carbocycles. The summed E-state index contributed by atoms with van der Waals surface area (Å²) in [6, 6.07) is 5.06. The van der Waals surface area contributed by atoms with Crippen molar-refractivity contribution >= 4 is 17.5 Å². The SMILES string of the molecule is Cc1cc(Nc2nccnc2C)ccc1C(=O)O. The number of carboxylic acid groups (broad SMARTS) is 1. The standard InChI is InChI=1S/C13H13N3O2/c1-8-7-10(3-4-11(8)13(17)18)16-12-9(2)14-5-6-15-12/h3-7H,1-2H3,(H,15,16)(H,17,18). The molecule has 1 aromatic carbocycles. The molecule has 18 heavy (non-hydrogen) atoms. The highest BCUT2D eigenvalue weighted by Crippen LogP contribution is 2.19. The number of anilines is 2. The van der Waals surface area contributed by atoms with Gasteiger partial charge in [0.05, 0.1) is 11.3 Å². The van der Waals surface area contributed by atoms with Crippen LogP contribution in [0.1, 0.15) is 21.6 Å². The van der Waals surface area contributed by atoms with Crippen molar-refractivity contribution in [3.63, 3.8) is 0 Å². The smallest absolute Gasteiger partial charge is 0.335 e. The number of nitrogens with one attached hydrogen (secondary N) is 1. The second kappa shape index (κ2) is 4.83. The van der Waals surface area contributed by atoms with Gasteiger partial charge in [-0.2, -0.15) is 0 Å². The van der Waals surface area contributed by atoms with Gasteiger partial charge in [-0.25, -0.2) is 9.78 Å². The third-order valence-electron chi connectivity index (χ3n) is 2.60. The lowest BCUT2D eigenvalue weighted by Crippen LogP contribution is -2.02. The van der Waals surface area contributed by atoms with Crippen molar-refractivity contribution in [1.82, 2.24) is 9.97 Å². The molecule has 0 saturated carbocycles. The first kappa shape index (κ1) is 12.0. The zero-order valence-electron chi connectivity index (χ0n) is 10.1. The molecule has 5 nitrogen and oxygen atoms in total. The van der Waals surface area contributed by atoms with E-state index in [0.717, 1.165) is 11.4 Å². The van der Waals surface area contributed by atoms with Crippen LogP contribution in [0.2, 0.25) is 0 Å². The normalized spacial score (nSPS) is 10.1. The molecule has 1 heterocycles. The van der Waals surface area contributed by atoms with Crippen molar-refractivity contribution < 1.29 is 9.90 Å². The fourth-order valence-electron chi connectivity index (χ4n) is 1.65. The van der Waals surface area contributed by atoms with Crippen molar-refractivity contribution in [3.05, 3.63) is 47.4 Å². The molecule has 0 radical (unpaired) electrons. The monoisotopic (exact) mass is 243 g/mol. The van der Waals surface area contributed by atoms with E-state index in [4.69, 9.17) is 5.11 Å². The molecule has 0 aliphatic rings. The van der Waals surface area contributed by atoms with Crippen molar-refractivity contribution in [2.75, 3.05) is 5.32 Å². The Labute approximate surface area is 105 Å². The van der Waals surface area contributed by atoms with Crippen LogP contribution >= 0.6 is 0 Å². The highest BCUT2D eigenvalue weighted by Gasteiger charge is 2.08. The number of aromatic nitrogens is 2. The molecular formula is C13H13N3O2. The molecule has 2 aromatic rings. The first-order valence-electron chi connectivity index (χ1n) is 5.46. The van der Waals surface area contributed by atoms with E-state index in [0.29, 0.717) is 16.9 Å². The van der Waals surface area contributed by atoms with Crippen LogP contribution in [0.4, 0.5) is 11.5 Å². The Kier molecular flexibility index (Phi) is 3.23. The van der Waals surface area contributed by atoms with Gasteiger partial charge in [0.2, 0.25) is 0 Å². The van der Waals surface area contributed by atoms with Crippen LogP contribution in [-0.2, 0) is 0 Å². The summed E-state index contributed by atoms with van der Waals surface area (Å²) >= 11 is 0. The summed E-state index contributed by atoms with van der Waals surface area (Å²) in [5, 5.41) is 12.1. The van der Waals surface area contributed by atoms with Gasteiger partial charge >= 0.3 is 5.97 Å². The van der Waals surface area contributed by atoms with Gasteiger partial charge in [-0.3, -0.25) is 4.98 Å². The van der Waals surface area contributed by atoms with Crippen LogP contribution in [0.25, 0.3) is 0 Å². The molecule has 2 N–H and O–H groups in total. The number of aryl methyl sites for hydroxylation is 2. The number of benzene rings is 1. The van der Waals surface area contributed by atoms with E-state index >= 15 is 0 Å². The summed E-state index contributed by atoms with van der Waals surface area (Å²) in [5.41, 5.74) is 2.59. The van der Waals surface area contributed by atoms with Crippen LogP contribution < -0.4 is 5.32 Å². The lowest BCUT2D eigenvalue weighted by Gasteiger charge is -2.09. The molecule has 0 spiro atoms. The number of aromatic carboxylic acids is 1. The lowest BCUT2D eigenvalue weighted by molar-refractivity contribution is 0.0696. The summed E-state index contributed by atoms with van der Waals surface area (Å²) in [5.74, 6) is -0.255. The number of carboxylic acids is 1. The maximum absolute atomic E-state index is 10.9. The molecule has 92 valence electrons. The fraction of sp³-hybridized carbons (Fsp3) is 0.154. The van der Waals surface area contributed by atoms with E-state index in [-0.39, 0.29) is 0 Å². The van der Waals surface area contributed by atoms with Crippen LogP contribution in [0, 0.1) is 13.8 Å². The van der Waals surface area contributed by atoms with E-state index < -0.39 is 5.97 Å². The Bertz CT molecular complexity index is 597.